The van der Waals surface area contributed by atoms with Crippen LogP contribution in [0, 0.1) is 17.2 Å². The SMILES string of the molecule is COc1ccc(C2CCCN2CC(=O)NC(C)(C#N)C2CC2)cc1OC. The molecular weight excluding hydrogens is 330 g/mol. The van der Waals surface area contributed by atoms with Crippen LogP contribution >= 0.6 is 0 Å². The van der Waals surface area contributed by atoms with E-state index in [1.807, 2.05) is 25.1 Å². The maximum absolute atomic E-state index is 12.6. The minimum Gasteiger partial charge on any atom is -0.493 e. The molecule has 26 heavy (non-hydrogen) atoms. The van der Waals surface area contributed by atoms with Crippen molar-refractivity contribution < 1.29 is 14.3 Å². The number of carbonyl (C=O) groups excluding carboxylic acids is 1. The molecule has 1 saturated heterocycles. The zero-order valence-corrected chi connectivity index (χ0v) is 15.7. The smallest absolute Gasteiger partial charge is 0.235 e. The zero-order valence-electron chi connectivity index (χ0n) is 15.7. The molecule has 1 N–H and O–H groups in total. The van der Waals surface area contributed by atoms with Gasteiger partial charge in [-0.15, -0.1) is 0 Å². The molecule has 0 spiro atoms. The molecule has 6 nitrogen and oxygen atoms in total. The number of nitrogens with one attached hydrogen (secondary N) is 1. The summed E-state index contributed by atoms with van der Waals surface area (Å²) in [5.74, 6) is 1.62. The van der Waals surface area contributed by atoms with Crippen molar-refractivity contribution in [3.63, 3.8) is 0 Å². The first-order chi connectivity index (χ1) is 12.5. The maximum atomic E-state index is 12.6. The molecule has 6 heteroatoms. The van der Waals surface area contributed by atoms with Crippen LogP contribution in [0.15, 0.2) is 18.2 Å². The number of nitrogens with zero attached hydrogens (tertiary/aromatic N) is 2. The topological polar surface area (TPSA) is 74.6 Å². The number of likely N-dealkylation sites (tertiary alicyclic amines) is 1. The number of carbonyl (C=O) groups is 1. The van der Waals surface area contributed by atoms with Crippen molar-refractivity contribution in [1.82, 2.24) is 10.2 Å². The van der Waals surface area contributed by atoms with Crippen molar-refractivity contribution in [3.05, 3.63) is 23.8 Å². The second-order valence-electron chi connectivity index (χ2n) is 7.38. The monoisotopic (exact) mass is 357 g/mol. The highest BCUT2D eigenvalue weighted by atomic mass is 16.5. The standard InChI is InChI=1S/C20H27N3O3/c1-20(13-21,15-7-8-15)22-19(24)12-23-10-4-5-16(23)14-6-9-17(25-2)18(11-14)26-3/h6,9,11,15-16H,4-5,7-8,10,12H2,1-3H3,(H,22,24). The molecule has 1 aromatic carbocycles. The van der Waals surface area contributed by atoms with E-state index in [1.165, 1.54) is 0 Å². The van der Waals surface area contributed by atoms with Crippen molar-refractivity contribution in [2.24, 2.45) is 5.92 Å². The van der Waals surface area contributed by atoms with Gasteiger partial charge in [0.2, 0.25) is 5.91 Å². The van der Waals surface area contributed by atoms with Gasteiger partial charge in [-0.1, -0.05) is 6.07 Å². The summed E-state index contributed by atoms with van der Waals surface area (Å²) < 4.78 is 10.7. The van der Waals surface area contributed by atoms with Gasteiger partial charge in [-0.2, -0.15) is 5.26 Å². The van der Waals surface area contributed by atoms with Crippen molar-refractivity contribution in [2.45, 2.75) is 44.2 Å². The highest BCUT2D eigenvalue weighted by Gasteiger charge is 2.43. The number of hydrogen-bond acceptors (Lipinski definition) is 5. The Hall–Kier alpha value is -2.26. The van der Waals surface area contributed by atoms with Crippen LogP contribution in [0.4, 0.5) is 0 Å². The van der Waals surface area contributed by atoms with E-state index in [1.54, 1.807) is 14.2 Å². The number of methoxy groups -OCH3 is 2. The van der Waals surface area contributed by atoms with Crippen LogP contribution < -0.4 is 14.8 Å². The normalized spacial score (nSPS) is 22.3. The number of amides is 1. The molecule has 3 rings (SSSR count). The quantitative estimate of drug-likeness (QED) is 0.812. The van der Waals surface area contributed by atoms with Gasteiger partial charge in [0.25, 0.3) is 0 Å². The zero-order chi connectivity index (χ0) is 18.7. The average molecular weight is 357 g/mol. The highest BCUT2D eigenvalue weighted by molar-refractivity contribution is 5.79. The predicted octanol–water partition coefficient (Wildman–Crippen LogP) is 2.65. The molecule has 1 saturated carbocycles. The summed E-state index contributed by atoms with van der Waals surface area (Å²) in [7, 11) is 3.25. The Bertz CT molecular complexity index is 711. The van der Waals surface area contributed by atoms with Gasteiger partial charge in [0, 0.05) is 6.04 Å². The Balaban J connectivity index is 1.68. The summed E-state index contributed by atoms with van der Waals surface area (Å²) in [4.78, 5) is 14.7. The minimum absolute atomic E-state index is 0.0756. The van der Waals surface area contributed by atoms with E-state index >= 15 is 0 Å². The first-order valence-electron chi connectivity index (χ1n) is 9.19. The van der Waals surface area contributed by atoms with E-state index in [9.17, 15) is 10.1 Å². The van der Waals surface area contributed by atoms with Gasteiger partial charge >= 0.3 is 0 Å². The number of rotatable bonds is 7. The van der Waals surface area contributed by atoms with Crippen molar-refractivity contribution in [1.29, 1.82) is 5.26 Å². The Morgan fingerprint density at radius 3 is 2.65 bits per heavy atom. The molecule has 1 amide bonds. The molecule has 0 aromatic heterocycles. The van der Waals surface area contributed by atoms with Crippen LogP contribution in [0.2, 0.25) is 0 Å². The lowest BCUT2D eigenvalue weighted by Crippen LogP contribution is -2.50. The summed E-state index contributed by atoms with van der Waals surface area (Å²) in [6.07, 6.45) is 4.08. The molecule has 0 radical (unpaired) electrons. The molecule has 1 aromatic rings. The van der Waals surface area contributed by atoms with Gasteiger partial charge < -0.3 is 14.8 Å². The van der Waals surface area contributed by atoms with Crippen LogP contribution in [0.25, 0.3) is 0 Å². The largest absolute Gasteiger partial charge is 0.493 e. The van der Waals surface area contributed by atoms with E-state index in [4.69, 9.17) is 9.47 Å². The lowest BCUT2D eigenvalue weighted by Gasteiger charge is -2.28. The first kappa shape index (κ1) is 18.5. The maximum Gasteiger partial charge on any atom is 0.235 e. The van der Waals surface area contributed by atoms with Gasteiger partial charge in [0.05, 0.1) is 26.8 Å². The van der Waals surface area contributed by atoms with Gasteiger partial charge in [0.1, 0.15) is 5.54 Å². The highest BCUT2D eigenvalue weighted by Crippen LogP contribution is 2.39. The lowest BCUT2D eigenvalue weighted by molar-refractivity contribution is -0.123. The number of hydrogen-bond donors (Lipinski definition) is 1. The van der Waals surface area contributed by atoms with E-state index < -0.39 is 5.54 Å². The van der Waals surface area contributed by atoms with Gasteiger partial charge in [-0.3, -0.25) is 9.69 Å². The Labute approximate surface area is 155 Å². The predicted molar refractivity (Wildman–Crippen MR) is 98.0 cm³/mol. The van der Waals surface area contributed by atoms with Crippen molar-refractivity contribution >= 4 is 5.91 Å². The molecular formula is C20H27N3O3. The third kappa shape index (κ3) is 3.78. The molecule has 1 heterocycles. The van der Waals surface area contributed by atoms with Crippen LogP contribution in [-0.2, 0) is 4.79 Å². The van der Waals surface area contributed by atoms with E-state index in [0.717, 1.165) is 37.8 Å². The number of benzene rings is 1. The molecule has 2 fully saturated rings. The molecule has 1 aliphatic carbocycles. The lowest BCUT2D eigenvalue weighted by atomic mass is 9.98. The van der Waals surface area contributed by atoms with Crippen LogP contribution in [0.5, 0.6) is 11.5 Å². The summed E-state index contributed by atoms with van der Waals surface area (Å²) in [6.45, 7) is 3.01. The average Bonchev–Trinajstić information content (AvgIpc) is 3.42. The Kier molecular flexibility index (Phi) is 5.38. The third-order valence-corrected chi connectivity index (χ3v) is 5.53. The summed E-state index contributed by atoms with van der Waals surface area (Å²) >= 11 is 0. The first-order valence-corrected chi connectivity index (χ1v) is 9.19. The summed E-state index contributed by atoms with van der Waals surface area (Å²) in [6, 6.07) is 8.39. The van der Waals surface area contributed by atoms with Crippen LogP contribution in [0.1, 0.15) is 44.2 Å². The Morgan fingerprint density at radius 1 is 1.31 bits per heavy atom. The molecule has 2 aliphatic rings. The van der Waals surface area contributed by atoms with Gasteiger partial charge in [-0.25, -0.2) is 0 Å². The third-order valence-electron chi connectivity index (χ3n) is 5.53. The fraction of sp³-hybridized carbons (Fsp3) is 0.600. The van der Waals surface area contributed by atoms with E-state index in [2.05, 4.69) is 16.3 Å². The fourth-order valence-corrected chi connectivity index (χ4v) is 3.85. The fourth-order valence-electron chi connectivity index (χ4n) is 3.85. The Morgan fingerprint density at radius 2 is 2.04 bits per heavy atom. The molecule has 2 unspecified atom stereocenters. The number of ether oxygens (including phenoxy) is 2. The van der Waals surface area contributed by atoms with Crippen LogP contribution in [0.3, 0.4) is 0 Å². The van der Waals surface area contributed by atoms with E-state index in [-0.39, 0.29) is 17.9 Å². The summed E-state index contributed by atoms with van der Waals surface area (Å²) in [5.41, 5.74) is 0.383. The minimum atomic E-state index is -0.740. The second kappa shape index (κ2) is 7.55. The van der Waals surface area contributed by atoms with Gasteiger partial charge in [0.15, 0.2) is 11.5 Å². The van der Waals surface area contributed by atoms with Crippen molar-refractivity contribution in [3.8, 4) is 17.6 Å². The summed E-state index contributed by atoms with van der Waals surface area (Å²) in [5, 5.41) is 12.4. The molecule has 1 aliphatic heterocycles. The second-order valence-corrected chi connectivity index (χ2v) is 7.38. The van der Waals surface area contributed by atoms with E-state index in [0.29, 0.717) is 18.0 Å². The van der Waals surface area contributed by atoms with Crippen LogP contribution in [-0.4, -0.2) is 43.7 Å². The molecule has 140 valence electrons. The molecule has 2 atom stereocenters. The van der Waals surface area contributed by atoms with Crippen molar-refractivity contribution in [2.75, 3.05) is 27.3 Å². The van der Waals surface area contributed by atoms with Gasteiger partial charge in [-0.05, 0) is 62.8 Å². The number of nitriles is 1. The molecule has 0 bridgehead atoms.